The summed E-state index contributed by atoms with van der Waals surface area (Å²) in [4.78, 5) is 27.0. The number of carbonyl (C=O) groups is 1. The van der Waals surface area contributed by atoms with Gasteiger partial charge in [-0.2, -0.15) is 4.98 Å². The fraction of sp³-hybridized carbons (Fsp3) is 0.0500. The first-order valence-electron chi connectivity index (χ1n) is 8.56. The predicted molar refractivity (Wildman–Crippen MR) is 103 cm³/mol. The molecule has 0 unspecified atom stereocenters. The van der Waals surface area contributed by atoms with Gasteiger partial charge in [0.2, 0.25) is 5.82 Å². The van der Waals surface area contributed by atoms with Crippen LogP contribution in [0.25, 0.3) is 22.8 Å². The summed E-state index contributed by atoms with van der Waals surface area (Å²) < 4.78 is 10.4. The number of hydrogen-bond donors (Lipinski definition) is 1. The van der Waals surface area contributed by atoms with Gasteiger partial charge in [0.15, 0.2) is 5.76 Å². The van der Waals surface area contributed by atoms with Gasteiger partial charge in [-0.15, -0.1) is 0 Å². The van der Waals surface area contributed by atoms with E-state index in [1.54, 1.807) is 55.5 Å². The molecule has 0 saturated heterocycles. The summed E-state index contributed by atoms with van der Waals surface area (Å²) in [7, 11) is 0. The summed E-state index contributed by atoms with van der Waals surface area (Å²) in [6.07, 6.45) is 1.43. The van der Waals surface area contributed by atoms with Crippen molar-refractivity contribution in [2.75, 3.05) is 5.32 Å². The number of benzene rings is 2. The van der Waals surface area contributed by atoms with Crippen LogP contribution in [-0.4, -0.2) is 21.0 Å². The van der Waals surface area contributed by atoms with Gasteiger partial charge in [-0.3, -0.25) is 14.9 Å². The van der Waals surface area contributed by atoms with Crippen molar-refractivity contribution in [2.45, 2.75) is 6.92 Å². The molecule has 9 nitrogen and oxygen atoms in total. The highest BCUT2D eigenvalue weighted by Gasteiger charge is 2.19. The molecular weight excluding hydrogens is 376 g/mol. The van der Waals surface area contributed by atoms with Gasteiger partial charge >= 0.3 is 0 Å². The Morgan fingerprint density at radius 3 is 2.59 bits per heavy atom. The van der Waals surface area contributed by atoms with E-state index >= 15 is 0 Å². The molecule has 0 aliphatic carbocycles. The summed E-state index contributed by atoms with van der Waals surface area (Å²) in [5, 5.41) is 17.8. The fourth-order valence-corrected chi connectivity index (χ4v) is 2.81. The molecule has 144 valence electrons. The molecule has 29 heavy (non-hydrogen) atoms. The largest absolute Gasteiger partial charge is 0.459 e. The van der Waals surface area contributed by atoms with Gasteiger partial charge in [-0.05, 0) is 49.4 Å². The normalized spacial score (nSPS) is 10.7. The van der Waals surface area contributed by atoms with Crippen LogP contribution in [0.3, 0.4) is 0 Å². The molecule has 0 atom stereocenters. The Kier molecular flexibility index (Phi) is 4.62. The monoisotopic (exact) mass is 390 g/mol. The third-order valence-corrected chi connectivity index (χ3v) is 4.30. The van der Waals surface area contributed by atoms with E-state index in [1.165, 1.54) is 12.3 Å². The Morgan fingerprint density at radius 2 is 1.90 bits per heavy atom. The van der Waals surface area contributed by atoms with Crippen LogP contribution in [0.5, 0.6) is 0 Å². The number of nitro groups is 1. The van der Waals surface area contributed by atoms with Crippen LogP contribution in [0.1, 0.15) is 16.1 Å². The van der Waals surface area contributed by atoms with Gasteiger partial charge in [0.05, 0.1) is 11.2 Å². The average molecular weight is 390 g/mol. The van der Waals surface area contributed by atoms with E-state index in [0.29, 0.717) is 28.2 Å². The van der Waals surface area contributed by atoms with E-state index in [-0.39, 0.29) is 23.2 Å². The molecule has 0 spiro atoms. The van der Waals surface area contributed by atoms with Crippen molar-refractivity contribution in [1.29, 1.82) is 0 Å². The van der Waals surface area contributed by atoms with Gasteiger partial charge in [0, 0.05) is 28.4 Å². The second-order valence-electron chi connectivity index (χ2n) is 6.14. The predicted octanol–water partition coefficient (Wildman–Crippen LogP) is 4.47. The SMILES string of the molecule is Cc1c(-c2nc(-c3ccc(NC(=O)c4ccco4)cc3)no2)cccc1[N+](=O)[O-]. The molecule has 0 fully saturated rings. The second-order valence-corrected chi connectivity index (χ2v) is 6.14. The molecule has 0 radical (unpaired) electrons. The lowest BCUT2D eigenvalue weighted by molar-refractivity contribution is -0.385. The first-order chi connectivity index (χ1) is 14.0. The molecule has 0 bridgehead atoms. The second kappa shape index (κ2) is 7.39. The number of rotatable bonds is 5. The molecule has 2 aromatic carbocycles. The molecule has 1 amide bonds. The zero-order valence-corrected chi connectivity index (χ0v) is 15.2. The van der Waals surface area contributed by atoms with E-state index in [9.17, 15) is 14.9 Å². The Bertz CT molecular complexity index is 1180. The Balaban J connectivity index is 1.55. The molecule has 0 aliphatic rings. The molecule has 4 rings (SSSR count). The fourth-order valence-electron chi connectivity index (χ4n) is 2.81. The van der Waals surface area contributed by atoms with Crippen molar-refractivity contribution in [1.82, 2.24) is 10.1 Å². The number of furan rings is 1. The van der Waals surface area contributed by atoms with Gasteiger partial charge in [-0.25, -0.2) is 0 Å². The van der Waals surface area contributed by atoms with E-state index in [1.807, 2.05) is 0 Å². The highest BCUT2D eigenvalue weighted by Crippen LogP contribution is 2.30. The minimum absolute atomic E-state index is 0.0149. The number of hydrogen-bond acceptors (Lipinski definition) is 7. The minimum Gasteiger partial charge on any atom is -0.459 e. The maximum Gasteiger partial charge on any atom is 0.291 e. The van der Waals surface area contributed by atoms with Crippen LogP contribution in [0, 0.1) is 17.0 Å². The third-order valence-electron chi connectivity index (χ3n) is 4.30. The summed E-state index contributed by atoms with van der Waals surface area (Å²) in [5.74, 6) is 0.376. The molecule has 4 aromatic rings. The van der Waals surface area contributed by atoms with Crippen LogP contribution in [0.15, 0.2) is 69.8 Å². The topological polar surface area (TPSA) is 124 Å². The summed E-state index contributed by atoms with van der Waals surface area (Å²) in [5.41, 5.74) is 2.18. The van der Waals surface area contributed by atoms with Crippen molar-refractivity contribution in [3.8, 4) is 22.8 Å². The number of nitro benzene ring substituents is 1. The van der Waals surface area contributed by atoms with Crippen molar-refractivity contribution >= 4 is 17.3 Å². The number of carbonyl (C=O) groups excluding carboxylic acids is 1. The van der Waals surface area contributed by atoms with Gasteiger partial charge in [0.1, 0.15) is 0 Å². The number of amides is 1. The maximum absolute atomic E-state index is 12.0. The summed E-state index contributed by atoms with van der Waals surface area (Å²) in [6.45, 7) is 1.63. The number of nitrogens with zero attached hydrogens (tertiary/aromatic N) is 3. The zero-order valence-electron chi connectivity index (χ0n) is 15.2. The first kappa shape index (κ1) is 18.1. The quantitative estimate of drug-likeness (QED) is 0.394. The molecule has 9 heteroatoms. The van der Waals surface area contributed by atoms with E-state index in [0.717, 1.165) is 0 Å². The third kappa shape index (κ3) is 3.61. The van der Waals surface area contributed by atoms with Crippen molar-refractivity contribution in [2.24, 2.45) is 0 Å². The van der Waals surface area contributed by atoms with E-state index < -0.39 is 4.92 Å². The van der Waals surface area contributed by atoms with E-state index in [2.05, 4.69) is 15.5 Å². The van der Waals surface area contributed by atoms with Gasteiger partial charge in [-0.1, -0.05) is 11.2 Å². The summed E-state index contributed by atoms with van der Waals surface area (Å²) >= 11 is 0. The van der Waals surface area contributed by atoms with Crippen molar-refractivity contribution in [3.05, 3.63) is 82.3 Å². The van der Waals surface area contributed by atoms with Crippen LogP contribution in [0.4, 0.5) is 11.4 Å². The standard InChI is InChI=1S/C20H14N4O5/c1-12-15(4-2-5-16(12)24(26)27)20-22-18(23-29-20)13-7-9-14(10-8-13)21-19(25)17-6-3-11-28-17/h2-11H,1H3,(H,21,25). The van der Waals surface area contributed by atoms with E-state index in [4.69, 9.17) is 8.94 Å². The number of anilines is 1. The van der Waals surface area contributed by atoms with Crippen LogP contribution in [0.2, 0.25) is 0 Å². The highest BCUT2D eigenvalue weighted by molar-refractivity contribution is 6.02. The van der Waals surface area contributed by atoms with Crippen molar-refractivity contribution in [3.63, 3.8) is 0 Å². The molecule has 1 N–H and O–H groups in total. The van der Waals surface area contributed by atoms with Crippen molar-refractivity contribution < 1.29 is 18.7 Å². The van der Waals surface area contributed by atoms with Crippen LogP contribution >= 0.6 is 0 Å². The van der Waals surface area contributed by atoms with Crippen LogP contribution < -0.4 is 5.32 Å². The van der Waals surface area contributed by atoms with Crippen LogP contribution in [-0.2, 0) is 0 Å². The molecule has 2 aromatic heterocycles. The molecule has 0 aliphatic heterocycles. The first-order valence-corrected chi connectivity index (χ1v) is 8.56. The zero-order chi connectivity index (χ0) is 20.4. The Morgan fingerprint density at radius 1 is 1.10 bits per heavy atom. The molecule has 2 heterocycles. The molecular formula is C20H14N4O5. The maximum atomic E-state index is 12.0. The number of nitrogens with one attached hydrogen (secondary N) is 1. The lowest BCUT2D eigenvalue weighted by atomic mass is 10.1. The average Bonchev–Trinajstić information content (AvgIpc) is 3.41. The lowest BCUT2D eigenvalue weighted by Gasteiger charge is -2.03. The van der Waals surface area contributed by atoms with Gasteiger partial charge < -0.3 is 14.3 Å². The highest BCUT2D eigenvalue weighted by atomic mass is 16.6. The van der Waals surface area contributed by atoms with Gasteiger partial charge in [0.25, 0.3) is 17.5 Å². The number of aromatic nitrogens is 2. The smallest absolute Gasteiger partial charge is 0.291 e. The molecule has 0 saturated carbocycles. The Hall–Kier alpha value is -4.27. The lowest BCUT2D eigenvalue weighted by Crippen LogP contribution is -2.10. The Labute approximate surface area is 164 Å². The summed E-state index contributed by atoms with van der Waals surface area (Å²) in [6, 6.07) is 14.7. The minimum atomic E-state index is -0.453.